The Kier molecular flexibility index (Phi) is 6.12. The van der Waals surface area contributed by atoms with Gasteiger partial charge in [0.1, 0.15) is 17.6 Å². The van der Waals surface area contributed by atoms with E-state index in [1.165, 1.54) is 12.1 Å². The Morgan fingerprint density at radius 2 is 2.03 bits per heavy atom. The summed E-state index contributed by atoms with van der Waals surface area (Å²) in [5.41, 5.74) is 3.52. The van der Waals surface area contributed by atoms with Gasteiger partial charge in [0.15, 0.2) is 0 Å². The first kappa shape index (κ1) is 23.5. The van der Waals surface area contributed by atoms with Crippen LogP contribution in [0.5, 0.6) is 0 Å². The van der Waals surface area contributed by atoms with E-state index < -0.39 is 11.7 Å². The standard InChI is InChI=1S/C26H20ClFN6O2/c1-14-23(31-8-7-30-14)15-2-4-19-21(11-15)33-24(22(19)27)26(36)34-9-6-16(13-34)25(35)32-18-3-5-20(28)17(10-18)12-29/h2-5,7-8,10-11,16,33H,6,9,13H2,1H3,(H,32,35). The Hall–Kier alpha value is -4.29. The molecule has 2 N–H and O–H groups in total. The Bertz CT molecular complexity index is 1560. The van der Waals surface area contributed by atoms with Gasteiger partial charge in [-0.3, -0.25) is 19.6 Å². The number of amides is 2. The second-order valence-electron chi connectivity index (χ2n) is 8.60. The third kappa shape index (κ3) is 4.27. The van der Waals surface area contributed by atoms with Gasteiger partial charge in [-0.2, -0.15) is 5.26 Å². The number of rotatable bonds is 4. The largest absolute Gasteiger partial charge is 0.349 e. The van der Waals surface area contributed by atoms with Gasteiger partial charge < -0.3 is 15.2 Å². The van der Waals surface area contributed by atoms with Crippen molar-refractivity contribution in [2.24, 2.45) is 5.92 Å². The maximum atomic E-state index is 13.5. The summed E-state index contributed by atoms with van der Waals surface area (Å²) in [7, 11) is 0. The van der Waals surface area contributed by atoms with Crippen molar-refractivity contribution >= 4 is 40.0 Å². The monoisotopic (exact) mass is 502 g/mol. The molecule has 2 amide bonds. The summed E-state index contributed by atoms with van der Waals surface area (Å²) in [5, 5.41) is 12.7. The predicted molar refractivity (Wildman–Crippen MR) is 133 cm³/mol. The molecule has 0 saturated carbocycles. The number of hydrogen-bond donors (Lipinski definition) is 2. The van der Waals surface area contributed by atoms with Crippen molar-refractivity contribution in [3.8, 4) is 17.3 Å². The Labute approximate surface area is 210 Å². The number of halogens is 2. The maximum Gasteiger partial charge on any atom is 0.271 e. The molecule has 4 aromatic rings. The van der Waals surface area contributed by atoms with Gasteiger partial charge in [-0.1, -0.05) is 23.7 Å². The lowest BCUT2D eigenvalue weighted by Gasteiger charge is -2.16. The minimum Gasteiger partial charge on any atom is -0.349 e. The molecule has 1 aliphatic heterocycles. The van der Waals surface area contributed by atoms with Crippen LogP contribution < -0.4 is 5.32 Å². The molecule has 1 saturated heterocycles. The summed E-state index contributed by atoms with van der Waals surface area (Å²) in [6, 6.07) is 11.2. The predicted octanol–water partition coefficient (Wildman–Crippen LogP) is 4.70. The number of benzene rings is 2. The number of carbonyl (C=O) groups excluding carboxylic acids is 2. The highest BCUT2D eigenvalue weighted by Gasteiger charge is 2.33. The average Bonchev–Trinajstić information content (AvgIpc) is 3.50. The lowest BCUT2D eigenvalue weighted by molar-refractivity contribution is -0.119. The summed E-state index contributed by atoms with van der Waals surface area (Å²) in [6.45, 7) is 2.48. The van der Waals surface area contributed by atoms with Crippen LogP contribution in [0.15, 0.2) is 48.8 Å². The minimum atomic E-state index is -0.651. The van der Waals surface area contributed by atoms with Crippen molar-refractivity contribution in [1.82, 2.24) is 19.9 Å². The van der Waals surface area contributed by atoms with E-state index in [4.69, 9.17) is 16.9 Å². The fourth-order valence-electron chi connectivity index (χ4n) is 4.40. The van der Waals surface area contributed by atoms with Gasteiger partial charge in [-0.05, 0) is 37.6 Å². The molecule has 5 rings (SSSR count). The SMILES string of the molecule is Cc1nccnc1-c1ccc2c(Cl)c(C(=O)N3CCC(C(=O)Nc4ccc(F)c(C#N)c4)C3)[nH]c2c1. The zero-order valence-corrected chi connectivity index (χ0v) is 19.9. The molecule has 0 radical (unpaired) electrons. The molecule has 36 heavy (non-hydrogen) atoms. The van der Waals surface area contributed by atoms with Crippen LogP contribution in [0.1, 0.15) is 28.2 Å². The van der Waals surface area contributed by atoms with Gasteiger partial charge in [0, 0.05) is 47.6 Å². The molecule has 3 heterocycles. The van der Waals surface area contributed by atoms with E-state index in [-0.39, 0.29) is 29.6 Å². The number of carbonyl (C=O) groups is 2. The van der Waals surface area contributed by atoms with Crippen LogP contribution in [0.2, 0.25) is 5.02 Å². The first-order valence-corrected chi connectivity index (χ1v) is 11.6. The quantitative estimate of drug-likeness (QED) is 0.420. The molecular weight excluding hydrogens is 483 g/mol. The summed E-state index contributed by atoms with van der Waals surface area (Å²) >= 11 is 6.56. The zero-order valence-electron chi connectivity index (χ0n) is 19.2. The Morgan fingerprint density at radius 1 is 1.22 bits per heavy atom. The highest BCUT2D eigenvalue weighted by Crippen LogP contribution is 2.33. The van der Waals surface area contributed by atoms with Crippen LogP contribution >= 0.6 is 11.6 Å². The van der Waals surface area contributed by atoms with Crippen molar-refractivity contribution in [2.75, 3.05) is 18.4 Å². The van der Waals surface area contributed by atoms with Crippen LogP contribution in [0.4, 0.5) is 10.1 Å². The van der Waals surface area contributed by atoms with E-state index in [1.807, 2.05) is 25.1 Å². The number of likely N-dealkylation sites (tertiary alicyclic amines) is 1. The summed E-state index contributed by atoms with van der Waals surface area (Å²) in [5.74, 6) is -1.69. The molecule has 1 unspecified atom stereocenters. The zero-order chi connectivity index (χ0) is 25.4. The average molecular weight is 503 g/mol. The third-order valence-electron chi connectivity index (χ3n) is 6.30. The molecule has 8 nitrogen and oxygen atoms in total. The van der Waals surface area contributed by atoms with E-state index in [9.17, 15) is 14.0 Å². The fraction of sp³-hybridized carbons (Fsp3) is 0.192. The smallest absolute Gasteiger partial charge is 0.271 e. The van der Waals surface area contributed by atoms with E-state index in [0.717, 1.165) is 23.0 Å². The van der Waals surface area contributed by atoms with Crippen LogP contribution in [-0.2, 0) is 4.79 Å². The van der Waals surface area contributed by atoms with Crippen LogP contribution in [0, 0.1) is 30.0 Å². The third-order valence-corrected chi connectivity index (χ3v) is 6.70. The highest BCUT2D eigenvalue weighted by molar-refractivity contribution is 6.38. The molecule has 0 spiro atoms. The van der Waals surface area contributed by atoms with Crippen molar-refractivity contribution in [2.45, 2.75) is 13.3 Å². The van der Waals surface area contributed by atoms with Crippen molar-refractivity contribution in [1.29, 1.82) is 5.26 Å². The number of nitrogens with zero attached hydrogens (tertiary/aromatic N) is 4. The summed E-state index contributed by atoms with van der Waals surface area (Å²) in [6.07, 6.45) is 3.73. The Morgan fingerprint density at radius 3 is 2.81 bits per heavy atom. The number of nitriles is 1. The van der Waals surface area contributed by atoms with Crippen LogP contribution in [-0.4, -0.2) is 44.8 Å². The van der Waals surface area contributed by atoms with E-state index >= 15 is 0 Å². The fourth-order valence-corrected chi connectivity index (χ4v) is 4.69. The van der Waals surface area contributed by atoms with Gasteiger partial charge in [0.2, 0.25) is 5.91 Å². The maximum absolute atomic E-state index is 13.5. The van der Waals surface area contributed by atoms with Crippen molar-refractivity contribution in [3.63, 3.8) is 0 Å². The second-order valence-corrected chi connectivity index (χ2v) is 8.98. The molecule has 0 aliphatic carbocycles. The molecule has 2 aromatic carbocycles. The van der Waals surface area contributed by atoms with E-state index in [2.05, 4.69) is 20.3 Å². The summed E-state index contributed by atoms with van der Waals surface area (Å²) < 4.78 is 13.5. The second kappa shape index (κ2) is 9.40. The number of aromatic amines is 1. The minimum absolute atomic E-state index is 0.151. The van der Waals surface area contributed by atoms with Crippen molar-refractivity contribution < 1.29 is 14.0 Å². The number of H-pyrrole nitrogens is 1. The molecule has 10 heteroatoms. The lowest BCUT2D eigenvalue weighted by atomic mass is 10.1. The van der Waals surface area contributed by atoms with Crippen molar-refractivity contribution in [3.05, 3.63) is 76.6 Å². The first-order valence-electron chi connectivity index (χ1n) is 11.2. The molecule has 1 atom stereocenters. The molecule has 0 bridgehead atoms. The molecular formula is C26H20ClFN6O2. The van der Waals surface area contributed by atoms with Gasteiger partial charge in [-0.25, -0.2) is 4.39 Å². The molecule has 180 valence electrons. The molecule has 2 aromatic heterocycles. The highest BCUT2D eigenvalue weighted by atomic mass is 35.5. The number of hydrogen-bond acceptors (Lipinski definition) is 5. The van der Waals surface area contributed by atoms with Gasteiger partial charge >= 0.3 is 0 Å². The van der Waals surface area contributed by atoms with E-state index in [1.54, 1.807) is 23.4 Å². The van der Waals surface area contributed by atoms with Crippen LogP contribution in [0.3, 0.4) is 0 Å². The summed E-state index contributed by atoms with van der Waals surface area (Å²) in [4.78, 5) is 39.4. The topological polar surface area (TPSA) is 115 Å². The number of aromatic nitrogens is 3. The molecule has 1 aliphatic rings. The Balaban J connectivity index is 1.32. The number of anilines is 1. The molecule has 1 fully saturated rings. The van der Waals surface area contributed by atoms with Gasteiger partial charge in [0.05, 0.1) is 27.9 Å². The van der Waals surface area contributed by atoms with E-state index in [0.29, 0.717) is 34.6 Å². The number of nitrogens with one attached hydrogen (secondary N) is 2. The van der Waals surface area contributed by atoms with Gasteiger partial charge in [-0.15, -0.1) is 0 Å². The number of aryl methyl sites for hydroxylation is 1. The first-order chi connectivity index (χ1) is 17.4. The number of fused-ring (bicyclic) bond motifs is 1. The van der Waals surface area contributed by atoms with Crippen LogP contribution in [0.25, 0.3) is 22.2 Å². The van der Waals surface area contributed by atoms with Gasteiger partial charge in [0.25, 0.3) is 5.91 Å². The normalized spacial score (nSPS) is 15.2. The lowest BCUT2D eigenvalue weighted by Crippen LogP contribution is -2.31.